The van der Waals surface area contributed by atoms with Crippen LogP contribution in [0.2, 0.25) is 0 Å². The van der Waals surface area contributed by atoms with Gasteiger partial charge in [-0.3, -0.25) is 13.9 Å². The van der Waals surface area contributed by atoms with Gasteiger partial charge >= 0.3 is 5.97 Å². The number of nitrogens with zero attached hydrogens (tertiary/aromatic N) is 5. The Morgan fingerprint density at radius 1 is 1.21 bits per heavy atom. The number of fused-ring (bicyclic) bond motifs is 2. The smallest absolute Gasteiger partial charge is 0.304 e. The van der Waals surface area contributed by atoms with Crippen molar-refractivity contribution < 1.29 is 28.5 Å². The molecule has 2 aromatic heterocycles. The van der Waals surface area contributed by atoms with Crippen LogP contribution in [0.4, 0.5) is 0 Å². The van der Waals surface area contributed by atoms with E-state index in [4.69, 9.17) is 9.47 Å². The van der Waals surface area contributed by atoms with E-state index in [-0.39, 0.29) is 36.4 Å². The van der Waals surface area contributed by atoms with E-state index < -0.39 is 22.7 Å². The molecule has 0 spiro atoms. The average molecular weight is 540 g/mol. The number of hydrogen-bond donors (Lipinski definition) is 3. The summed E-state index contributed by atoms with van der Waals surface area (Å²) in [5.41, 5.74) is 3.62. The van der Waals surface area contributed by atoms with E-state index in [1.807, 2.05) is 43.3 Å². The highest BCUT2D eigenvalue weighted by Crippen LogP contribution is 2.56. The fraction of sp³-hybridized carbons (Fsp3) is 0.308. The Hall–Kier alpha value is -3.71. The second-order valence-electron chi connectivity index (χ2n) is 9.28. The summed E-state index contributed by atoms with van der Waals surface area (Å²) in [4.78, 5) is 16.3. The van der Waals surface area contributed by atoms with Crippen molar-refractivity contribution in [2.45, 2.75) is 36.8 Å². The number of carboxylic acids is 1. The summed E-state index contributed by atoms with van der Waals surface area (Å²) in [6.45, 7) is 2.33. The van der Waals surface area contributed by atoms with Gasteiger partial charge in [-0.2, -0.15) is 4.31 Å². The average Bonchev–Trinajstić information content (AvgIpc) is 3.23. The van der Waals surface area contributed by atoms with Crippen molar-refractivity contribution >= 4 is 27.8 Å². The molecule has 0 amide bonds. The summed E-state index contributed by atoms with van der Waals surface area (Å²) >= 11 is 0. The lowest BCUT2D eigenvalue weighted by molar-refractivity contribution is -0.137. The first-order valence-corrected chi connectivity index (χ1v) is 13.5. The second kappa shape index (κ2) is 10.2. The molecule has 38 heavy (non-hydrogen) atoms. The molecule has 0 fully saturated rings. The van der Waals surface area contributed by atoms with Gasteiger partial charge in [-0.05, 0) is 47.9 Å². The van der Waals surface area contributed by atoms with Gasteiger partial charge in [-0.25, -0.2) is 9.67 Å². The van der Waals surface area contributed by atoms with Crippen molar-refractivity contribution in [3.63, 3.8) is 0 Å². The summed E-state index contributed by atoms with van der Waals surface area (Å²) in [6, 6.07) is 14.4. The molecule has 12 heteroatoms. The first-order valence-electron chi connectivity index (χ1n) is 12.0. The van der Waals surface area contributed by atoms with Gasteiger partial charge in [0, 0.05) is 25.7 Å². The van der Waals surface area contributed by atoms with Crippen LogP contribution < -0.4 is 9.47 Å². The summed E-state index contributed by atoms with van der Waals surface area (Å²) in [7, 11) is -0.0490. The van der Waals surface area contributed by atoms with E-state index in [0.29, 0.717) is 11.3 Å². The van der Waals surface area contributed by atoms with E-state index in [9.17, 15) is 19.0 Å². The summed E-state index contributed by atoms with van der Waals surface area (Å²) in [5, 5.41) is 18.0. The minimum Gasteiger partial charge on any atom is -0.494 e. The molecule has 0 radical (unpaired) electrons. The van der Waals surface area contributed by atoms with Crippen LogP contribution in [-0.2, 0) is 18.4 Å². The Morgan fingerprint density at radius 3 is 2.79 bits per heavy atom. The van der Waals surface area contributed by atoms with E-state index >= 15 is 0 Å². The van der Waals surface area contributed by atoms with E-state index in [0.717, 1.165) is 22.2 Å². The number of carbonyl (C=O) groups is 1. The third-order valence-electron chi connectivity index (χ3n) is 6.57. The number of rotatable bonds is 7. The van der Waals surface area contributed by atoms with Crippen LogP contribution in [-0.4, -0.2) is 64.2 Å². The van der Waals surface area contributed by atoms with E-state index in [1.54, 1.807) is 41.5 Å². The predicted octanol–water partition coefficient (Wildman–Crippen LogP) is 4.29. The van der Waals surface area contributed by atoms with Crippen LogP contribution in [0.25, 0.3) is 11.0 Å². The van der Waals surface area contributed by atoms with Crippen LogP contribution >= 0.6 is 10.8 Å². The third kappa shape index (κ3) is 4.90. The molecule has 5 rings (SSSR count). The molecule has 3 N–H and O–H groups in total. The van der Waals surface area contributed by atoms with Crippen molar-refractivity contribution in [3.05, 3.63) is 71.4 Å². The zero-order valence-corrected chi connectivity index (χ0v) is 22.0. The van der Waals surface area contributed by atoms with E-state index in [1.165, 1.54) is 0 Å². The van der Waals surface area contributed by atoms with E-state index in [2.05, 4.69) is 15.3 Å². The SMILES string of the molecule is COc1cc(C(CC(=O)O)c2cccc(CN3CC(C)Oc4ncccc4S3(O)O)c2)cc2nnn(C)c12. The monoisotopic (exact) mass is 539 g/mol. The molecule has 1 aliphatic rings. The molecule has 2 aromatic carbocycles. The molecule has 0 aliphatic carbocycles. The maximum atomic E-state index is 11.9. The number of aryl methyl sites for hydroxylation is 1. The number of aromatic nitrogens is 4. The lowest BCUT2D eigenvalue weighted by Gasteiger charge is -2.41. The standard InChI is InChI=1S/C26H29N5O6S/c1-16-14-31(38(34,35)23-8-5-9-27-26(23)37-16)15-17-6-4-7-18(10-17)20(13-24(32)33)19-11-21-25(22(12-19)36-3)30(2)29-28-21/h4-12,16,20,34-35H,13-15H2,1-3H3,(H,32,33). The van der Waals surface area contributed by atoms with Crippen LogP contribution in [0.15, 0.2) is 59.6 Å². The molecule has 0 saturated heterocycles. The van der Waals surface area contributed by atoms with Crippen LogP contribution in [0.3, 0.4) is 0 Å². The molecule has 2 atom stereocenters. The number of aliphatic carboxylic acids is 1. The van der Waals surface area contributed by atoms with Gasteiger partial charge in [0.1, 0.15) is 27.8 Å². The fourth-order valence-electron chi connectivity index (χ4n) is 4.83. The highest BCUT2D eigenvalue weighted by atomic mass is 32.3. The number of benzene rings is 2. The van der Waals surface area contributed by atoms with Gasteiger partial charge in [-0.15, -0.1) is 15.9 Å². The maximum absolute atomic E-state index is 11.9. The molecular formula is C26H29N5O6S. The Balaban J connectivity index is 1.51. The molecule has 3 heterocycles. The lowest BCUT2D eigenvalue weighted by Crippen LogP contribution is -2.33. The Kier molecular flexibility index (Phi) is 6.97. The number of ether oxygens (including phenoxy) is 2. The first kappa shape index (κ1) is 25.9. The summed E-state index contributed by atoms with van der Waals surface area (Å²) in [5.74, 6) is -0.678. The predicted molar refractivity (Wildman–Crippen MR) is 141 cm³/mol. The molecule has 11 nitrogen and oxygen atoms in total. The number of methoxy groups -OCH3 is 1. The first-order chi connectivity index (χ1) is 18.2. The molecule has 2 unspecified atom stereocenters. The summed E-state index contributed by atoms with van der Waals surface area (Å²) in [6.07, 6.45) is 1.07. The van der Waals surface area contributed by atoms with Crippen molar-refractivity contribution in [2.75, 3.05) is 13.7 Å². The molecule has 4 aromatic rings. The highest BCUT2D eigenvalue weighted by molar-refractivity contribution is 8.22. The van der Waals surface area contributed by atoms with Crippen LogP contribution in [0.5, 0.6) is 11.6 Å². The maximum Gasteiger partial charge on any atom is 0.304 e. The Bertz CT molecular complexity index is 1490. The van der Waals surface area contributed by atoms with Crippen molar-refractivity contribution in [1.82, 2.24) is 24.3 Å². The van der Waals surface area contributed by atoms with Crippen molar-refractivity contribution in [3.8, 4) is 11.6 Å². The fourth-order valence-corrected chi connectivity index (χ4v) is 6.45. The minimum atomic E-state index is -3.37. The largest absolute Gasteiger partial charge is 0.494 e. The van der Waals surface area contributed by atoms with Gasteiger partial charge in [0.05, 0.1) is 20.1 Å². The molecule has 1 aliphatic heterocycles. The van der Waals surface area contributed by atoms with Crippen molar-refractivity contribution in [1.29, 1.82) is 0 Å². The van der Waals surface area contributed by atoms with Gasteiger partial charge < -0.3 is 14.6 Å². The molecule has 0 saturated carbocycles. The van der Waals surface area contributed by atoms with Crippen LogP contribution in [0, 0.1) is 0 Å². The highest BCUT2D eigenvalue weighted by Gasteiger charge is 2.34. The van der Waals surface area contributed by atoms with Crippen molar-refractivity contribution in [2.24, 2.45) is 7.05 Å². The normalized spacial score (nSPS) is 18.7. The topological polar surface area (TPSA) is 143 Å². The van der Waals surface area contributed by atoms with Gasteiger partial charge in [0.2, 0.25) is 5.88 Å². The van der Waals surface area contributed by atoms with Gasteiger partial charge in [0.25, 0.3) is 0 Å². The molecular weight excluding hydrogens is 510 g/mol. The lowest BCUT2D eigenvalue weighted by atomic mass is 9.87. The Labute approximate surface area is 221 Å². The summed E-state index contributed by atoms with van der Waals surface area (Å²) < 4.78 is 37.1. The molecule has 200 valence electrons. The second-order valence-corrected chi connectivity index (χ2v) is 11.3. The number of hydrogen-bond acceptors (Lipinski definition) is 9. The van der Waals surface area contributed by atoms with Crippen LogP contribution in [0.1, 0.15) is 36.0 Å². The molecule has 0 bridgehead atoms. The minimum absolute atomic E-state index is 0.152. The van der Waals surface area contributed by atoms with Gasteiger partial charge in [-0.1, -0.05) is 29.5 Å². The number of pyridine rings is 1. The number of carboxylic acid groups (broad SMARTS) is 1. The quantitative estimate of drug-likeness (QED) is 0.311. The van der Waals surface area contributed by atoms with Gasteiger partial charge in [0.15, 0.2) is 0 Å². The zero-order chi connectivity index (χ0) is 27.0. The zero-order valence-electron chi connectivity index (χ0n) is 21.2. The Morgan fingerprint density at radius 2 is 2.03 bits per heavy atom. The third-order valence-corrected chi connectivity index (χ3v) is 8.46.